The third-order valence-corrected chi connectivity index (χ3v) is 5.53. The van der Waals surface area contributed by atoms with Crippen LogP contribution in [-0.4, -0.2) is 50.9 Å². The van der Waals surface area contributed by atoms with Gasteiger partial charge in [0.1, 0.15) is 0 Å². The third-order valence-electron chi connectivity index (χ3n) is 5.53. The number of Topliss-reactive ketones (excluding diaryl/α,β-unsaturated/α-hetero) is 1. The summed E-state index contributed by atoms with van der Waals surface area (Å²) < 4.78 is 42.0. The zero-order valence-corrected chi connectivity index (χ0v) is 16.9. The van der Waals surface area contributed by atoms with Gasteiger partial charge in [-0.1, -0.05) is 13.8 Å². The van der Waals surface area contributed by atoms with Gasteiger partial charge < -0.3 is 21.3 Å². The molecular weight excluding hydrogens is 417 g/mol. The maximum absolute atomic E-state index is 13.6. The Labute approximate surface area is 175 Å². The highest BCUT2D eigenvalue weighted by atomic mass is 19.4. The number of anilines is 1. The fraction of sp³-hybridized carbons (Fsp3) is 0.450. The second-order valence-electron chi connectivity index (χ2n) is 7.73. The summed E-state index contributed by atoms with van der Waals surface area (Å²) in [6.07, 6.45) is -5.72. The predicted molar refractivity (Wildman–Crippen MR) is 105 cm³/mol. The molecule has 2 aromatic rings. The zero-order valence-electron chi connectivity index (χ0n) is 16.9. The molecule has 1 amide bonds. The minimum absolute atomic E-state index is 0.0454. The van der Waals surface area contributed by atoms with Gasteiger partial charge in [-0.3, -0.25) is 9.59 Å². The fourth-order valence-corrected chi connectivity index (χ4v) is 3.60. The number of nitrogens with one attached hydrogen (secondary N) is 1. The molecule has 1 aromatic carbocycles. The van der Waals surface area contributed by atoms with E-state index in [9.17, 15) is 27.9 Å². The minimum Gasteiger partial charge on any atom is -0.394 e. The Morgan fingerprint density at radius 1 is 1.39 bits per heavy atom. The summed E-state index contributed by atoms with van der Waals surface area (Å²) in [5.41, 5.74) is 4.22. The number of nitrogens with zero attached hydrogens (tertiary/aromatic N) is 2. The highest BCUT2D eigenvalue weighted by molar-refractivity contribution is 6.01. The summed E-state index contributed by atoms with van der Waals surface area (Å²) >= 11 is 0. The number of hydrogen-bond donors (Lipinski definition) is 4. The molecule has 2 unspecified atom stereocenters. The standard InChI is InChI=1S/C20H23F3N4O4/c1-9-5-15-16(17(30)10(9)2)18(20(21,22)23)26-27(15)11-3-4-13(19(24)31)14(6-11)25-7-12(29)8-28/h3-4,6,9-10,12,25,28-29H,5,7-8H2,1-2H3,(H2,24,31)/t9-,10?,12?/m0/s1. The number of aromatic nitrogens is 2. The molecule has 31 heavy (non-hydrogen) atoms. The second-order valence-corrected chi connectivity index (χ2v) is 7.73. The van der Waals surface area contributed by atoms with E-state index in [4.69, 9.17) is 10.8 Å². The van der Waals surface area contributed by atoms with Crippen LogP contribution < -0.4 is 11.1 Å². The number of benzene rings is 1. The molecule has 0 saturated carbocycles. The van der Waals surface area contributed by atoms with E-state index in [2.05, 4.69) is 10.4 Å². The van der Waals surface area contributed by atoms with Gasteiger partial charge >= 0.3 is 6.18 Å². The number of aliphatic hydroxyl groups excluding tert-OH is 2. The van der Waals surface area contributed by atoms with Crippen molar-refractivity contribution < 1.29 is 33.0 Å². The van der Waals surface area contributed by atoms with Crippen LogP contribution in [0.5, 0.6) is 0 Å². The highest BCUT2D eigenvalue weighted by Crippen LogP contribution is 2.40. The van der Waals surface area contributed by atoms with Gasteiger partial charge in [-0.2, -0.15) is 18.3 Å². The molecule has 0 bridgehead atoms. The molecule has 0 saturated heterocycles. The van der Waals surface area contributed by atoms with Crippen LogP contribution in [0, 0.1) is 11.8 Å². The van der Waals surface area contributed by atoms with Crippen molar-refractivity contribution >= 4 is 17.4 Å². The number of nitrogens with two attached hydrogens (primary N) is 1. The van der Waals surface area contributed by atoms with Gasteiger partial charge in [-0.05, 0) is 30.5 Å². The van der Waals surface area contributed by atoms with Crippen LogP contribution >= 0.6 is 0 Å². The Kier molecular flexibility index (Phi) is 6.10. The molecule has 1 aliphatic carbocycles. The van der Waals surface area contributed by atoms with Crippen molar-refractivity contribution in [1.29, 1.82) is 0 Å². The Balaban J connectivity index is 2.16. The van der Waals surface area contributed by atoms with E-state index in [1.807, 2.05) is 0 Å². The maximum atomic E-state index is 13.6. The van der Waals surface area contributed by atoms with Crippen molar-refractivity contribution in [3.63, 3.8) is 0 Å². The third kappa shape index (κ3) is 4.28. The lowest BCUT2D eigenvalue weighted by Gasteiger charge is -2.25. The molecular formula is C20H23F3N4O4. The van der Waals surface area contributed by atoms with E-state index < -0.39 is 47.8 Å². The molecule has 8 nitrogen and oxygen atoms in total. The van der Waals surface area contributed by atoms with Gasteiger partial charge in [0.2, 0.25) is 0 Å². The molecule has 1 heterocycles. The van der Waals surface area contributed by atoms with E-state index in [-0.39, 0.29) is 41.5 Å². The number of carbonyl (C=O) groups is 2. The number of ketones is 1. The Morgan fingerprint density at radius 3 is 2.65 bits per heavy atom. The number of amides is 1. The average Bonchev–Trinajstić information content (AvgIpc) is 3.09. The summed E-state index contributed by atoms with van der Waals surface area (Å²) in [4.78, 5) is 24.4. The summed E-state index contributed by atoms with van der Waals surface area (Å²) in [6, 6.07) is 4.07. The number of halogens is 3. The Bertz CT molecular complexity index is 1020. The van der Waals surface area contributed by atoms with Gasteiger partial charge in [0.15, 0.2) is 11.5 Å². The van der Waals surface area contributed by atoms with Crippen LogP contribution in [-0.2, 0) is 12.6 Å². The van der Waals surface area contributed by atoms with Crippen LogP contribution in [0.15, 0.2) is 18.2 Å². The molecule has 11 heteroatoms. The monoisotopic (exact) mass is 440 g/mol. The number of primary amides is 1. The van der Waals surface area contributed by atoms with Gasteiger partial charge in [0.05, 0.1) is 35.2 Å². The lowest BCUT2D eigenvalue weighted by molar-refractivity contribution is -0.141. The normalized spacial score (nSPS) is 19.8. The lowest BCUT2D eigenvalue weighted by atomic mass is 9.78. The lowest BCUT2D eigenvalue weighted by Crippen LogP contribution is -2.29. The molecule has 1 aliphatic rings. The van der Waals surface area contributed by atoms with Crippen LogP contribution in [0.1, 0.15) is 46.0 Å². The highest BCUT2D eigenvalue weighted by Gasteiger charge is 2.45. The number of rotatable bonds is 6. The first-order valence-corrected chi connectivity index (χ1v) is 9.66. The molecule has 3 rings (SSSR count). The quantitative estimate of drug-likeness (QED) is 0.542. The second kappa shape index (κ2) is 8.31. The molecule has 168 valence electrons. The number of alkyl halides is 3. The van der Waals surface area contributed by atoms with E-state index in [0.717, 1.165) is 4.68 Å². The smallest absolute Gasteiger partial charge is 0.394 e. The van der Waals surface area contributed by atoms with Crippen LogP contribution in [0.25, 0.3) is 5.69 Å². The van der Waals surface area contributed by atoms with Crippen molar-refractivity contribution in [2.75, 3.05) is 18.5 Å². The van der Waals surface area contributed by atoms with Gasteiger partial charge in [-0.25, -0.2) is 4.68 Å². The first kappa shape index (κ1) is 22.8. The van der Waals surface area contributed by atoms with Crippen molar-refractivity contribution in [3.05, 3.63) is 40.7 Å². The fourth-order valence-electron chi connectivity index (χ4n) is 3.60. The SMILES string of the molecule is CC1C(=O)c2c(C(F)(F)F)nn(-c3ccc(C(N)=O)c(NCC(O)CO)c3)c2C[C@@H]1C. The number of hydrogen-bond acceptors (Lipinski definition) is 6. The van der Waals surface area contributed by atoms with Gasteiger partial charge in [0.25, 0.3) is 5.91 Å². The maximum Gasteiger partial charge on any atom is 0.435 e. The van der Waals surface area contributed by atoms with Gasteiger partial charge in [0, 0.05) is 18.2 Å². The number of aliphatic hydroxyl groups is 2. The summed E-state index contributed by atoms with van der Waals surface area (Å²) in [5, 5.41) is 25.0. The number of fused-ring (bicyclic) bond motifs is 1. The summed E-state index contributed by atoms with van der Waals surface area (Å²) in [5.74, 6) is -2.14. The molecule has 3 atom stereocenters. The average molecular weight is 440 g/mol. The predicted octanol–water partition coefficient (Wildman–Crippen LogP) is 1.77. The van der Waals surface area contributed by atoms with Crippen molar-refractivity contribution in [3.8, 4) is 5.69 Å². The van der Waals surface area contributed by atoms with Crippen LogP contribution in [0.4, 0.5) is 18.9 Å². The summed E-state index contributed by atoms with van der Waals surface area (Å²) in [6.45, 7) is 2.73. The molecule has 0 fully saturated rings. The van der Waals surface area contributed by atoms with Crippen LogP contribution in [0.3, 0.4) is 0 Å². The summed E-state index contributed by atoms with van der Waals surface area (Å²) in [7, 11) is 0. The van der Waals surface area contributed by atoms with E-state index in [0.29, 0.717) is 0 Å². The molecule has 1 aromatic heterocycles. The van der Waals surface area contributed by atoms with Crippen LogP contribution in [0.2, 0.25) is 0 Å². The van der Waals surface area contributed by atoms with Crippen molar-refractivity contribution in [1.82, 2.24) is 9.78 Å². The molecule has 0 spiro atoms. The van der Waals surface area contributed by atoms with Crippen molar-refractivity contribution in [2.24, 2.45) is 17.6 Å². The van der Waals surface area contributed by atoms with E-state index in [1.165, 1.54) is 18.2 Å². The first-order valence-electron chi connectivity index (χ1n) is 9.66. The Hall–Kier alpha value is -2.92. The molecule has 0 aliphatic heterocycles. The minimum atomic E-state index is -4.81. The molecule has 0 radical (unpaired) electrons. The van der Waals surface area contributed by atoms with E-state index >= 15 is 0 Å². The van der Waals surface area contributed by atoms with Crippen molar-refractivity contribution in [2.45, 2.75) is 32.5 Å². The first-order chi connectivity index (χ1) is 14.5. The van der Waals surface area contributed by atoms with Gasteiger partial charge in [-0.15, -0.1) is 0 Å². The Morgan fingerprint density at radius 2 is 2.06 bits per heavy atom. The zero-order chi connectivity index (χ0) is 23.1. The largest absolute Gasteiger partial charge is 0.435 e. The molecule has 5 N–H and O–H groups in total. The topological polar surface area (TPSA) is 130 Å². The number of carbonyl (C=O) groups excluding carboxylic acids is 2. The van der Waals surface area contributed by atoms with E-state index in [1.54, 1.807) is 13.8 Å².